The first-order valence-corrected chi connectivity index (χ1v) is 4.31. The Labute approximate surface area is 91.9 Å². The van der Waals surface area contributed by atoms with E-state index in [4.69, 9.17) is 4.84 Å². The Morgan fingerprint density at radius 2 is 2.07 bits per heavy atom. The van der Waals surface area contributed by atoms with Crippen molar-refractivity contribution in [1.29, 1.82) is 0 Å². The number of carbonyl (C=O) groups excluding carboxylic acids is 1. The van der Waals surface area contributed by atoms with Crippen LogP contribution in [0.3, 0.4) is 0 Å². The Bertz CT molecular complexity index is 190. The highest BCUT2D eigenvalue weighted by Crippen LogP contribution is 2.06. The third-order valence-electron chi connectivity index (χ3n) is 1.69. The lowest BCUT2D eigenvalue weighted by Crippen LogP contribution is -3.00. The van der Waals surface area contributed by atoms with Crippen molar-refractivity contribution in [2.24, 2.45) is 0 Å². The first-order valence-electron chi connectivity index (χ1n) is 4.31. The van der Waals surface area contributed by atoms with Gasteiger partial charge in [-0.15, -0.1) is 0 Å². The number of hydroxylamine groups is 1. The summed E-state index contributed by atoms with van der Waals surface area (Å²) in [5.74, 6) is -0.313. The molecule has 1 unspecified atom stereocenters. The topological polar surface area (TPSA) is 38.3 Å². The molecule has 1 amide bonds. The maximum absolute atomic E-state index is 10.8. The van der Waals surface area contributed by atoms with Crippen LogP contribution in [0.4, 0.5) is 0 Å². The van der Waals surface area contributed by atoms with Crippen LogP contribution in [0, 0.1) is 0 Å². The second-order valence-electron chi connectivity index (χ2n) is 3.77. The first kappa shape index (κ1) is 15.9. The van der Waals surface area contributed by atoms with Crippen molar-refractivity contribution in [1.82, 2.24) is 5.48 Å². The standard InChI is InChI=1S/C9H18N2O2.ClH/c1-6-8(12)10-13-9(7-2)11(3,4)5;/h6,9H,1,7H2,2-5H3;1H. The Balaban J connectivity index is 0. The lowest BCUT2D eigenvalue weighted by Gasteiger charge is -2.32. The Morgan fingerprint density at radius 3 is 2.36 bits per heavy atom. The molecule has 0 aliphatic carbocycles. The second-order valence-corrected chi connectivity index (χ2v) is 3.77. The quantitative estimate of drug-likeness (QED) is 0.245. The Kier molecular flexibility index (Phi) is 7.72. The second kappa shape index (κ2) is 6.81. The maximum Gasteiger partial charge on any atom is 0.267 e. The number of nitrogens with zero attached hydrogens (tertiary/aromatic N) is 1. The molecule has 0 fully saturated rings. The molecule has 0 aromatic carbocycles. The van der Waals surface area contributed by atoms with Gasteiger partial charge in [0.1, 0.15) is 0 Å². The molecule has 0 rings (SSSR count). The summed E-state index contributed by atoms with van der Waals surface area (Å²) < 4.78 is 0.647. The van der Waals surface area contributed by atoms with Gasteiger partial charge in [0.2, 0.25) is 6.23 Å². The summed E-state index contributed by atoms with van der Waals surface area (Å²) in [7, 11) is 6.02. The molecule has 0 bridgehead atoms. The fraction of sp³-hybridized carbons (Fsp3) is 0.667. The third kappa shape index (κ3) is 5.96. The van der Waals surface area contributed by atoms with Gasteiger partial charge in [-0.05, 0) is 6.08 Å². The molecule has 0 heterocycles. The minimum atomic E-state index is -0.313. The van der Waals surface area contributed by atoms with Crippen LogP contribution in [0.2, 0.25) is 0 Å². The molecule has 0 aromatic heterocycles. The van der Waals surface area contributed by atoms with Gasteiger partial charge in [0.15, 0.2) is 0 Å². The number of hydrogen-bond donors (Lipinski definition) is 1. The molecule has 0 saturated carbocycles. The van der Waals surface area contributed by atoms with E-state index in [0.29, 0.717) is 4.48 Å². The molecule has 1 atom stereocenters. The summed E-state index contributed by atoms with van der Waals surface area (Å²) >= 11 is 0. The predicted octanol–water partition coefficient (Wildman–Crippen LogP) is -2.33. The van der Waals surface area contributed by atoms with E-state index in [2.05, 4.69) is 12.1 Å². The van der Waals surface area contributed by atoms with Crippen LogP contribution >= 0.6 is 0 Å². The summed E-state index contributed by atoms with van der Waals surface area (Å²) in [5, 5.41) is 0. The zero-order valence-electron chi connectivity index (χ0n) is 9.21. The normalized spacial score (nSPS) is 12.6. The van der Waals surface area contributed by atoms with E-state index in [1.807, 2.05) is 28.1 Å². The van der Waals surface area contributed by atoms with E-state index in [0.717, 1.165) is 6.42 Å². The van der Waals surface area contributed by atoms with Gasteiger partial charge in [-0.1, -0.05) is 13.5 Å². The highest BCUT2D eigenvalue weighted by atomic mass is 35.5. The minimum absolute atomic E-state index is 0. The van der Waals surface area contributed by atoms with Gasteiger partial charge in [-0.25, -0.2) is 10.3 Å². The highest BCUT2D eigenvalue weighted by Gasteiger charge is 2.23. The molecule has 14 heavy (non-hydrogen) atoms. The summed E-state index contributed by atoms with van der Waals surface area (Å²) in [6, 6.07) is 0. The van der Waals surface area contributed by atoms with Crippen molar-refractivity contribution in [3.63, 3.8) is 0 Å². The van der Waals surface area contributed by atoms with E-state index in [1.54, 1.807) is 0 Å². The molecule has 84 valence electrons. The Morgan fingerprint density at radius 1 is 1.57 bits per heavy atom. The van der Waals surface area contributed by atoms with Crippen LogP contribution < -0.4 is 17.9 Å². The lowest BCUT2D eigenvalue weighted by atomic mass is 10.3. The van der Waals surface area contributed by atoms with Gasteiger partial charge in [-0.2, -0.15) is 0 Å². The molecule has 0 saturated heterocycles. The number of amides is 1. The molecule has 4 nitrogen and oxygen atoms in total. The van der Waals surface area contributed by atoms with Gasteiger partial charge in [-0.3, -0.25) is 4.79 Å². The van der Waals surface area contributed by atoms with Crippen LogP contribution in [0.25, 0.3) is 0 Å². The van der Waals surface area contributed by atoms with Gasteiger partial charge < -0.3 is 16.9 Å². The van der Waals surface area contributed by atoms with E-state index >= 15 is 0 Å². The molecule has 0 aromatic rings. The van der Waals surface area contributed by atoms with Crippen LogP contribution in [0.1, 0.15) is 13.3 Å². The average Bonchev–Trinajstić information content (AvgIpc) is 2.02. The number of hydrogen-bond acceptors (Lipinski definition) is 2. The van der Waals surface area contributed by atoms with Crippen molar-refractivity contribution in [2.75, 3.05) is 21.1 Å². The Hall–Kier alpha value is -0.580. The monoisotopic (exact) mass is 222 g/mol. The third-order valence-corrected chi connectivity index (χ3v) is 1.69. The molecule has 5 heteroatoms. The molecule has 0 spiro atoms. The van der Waals surface area contributed by atoms with E-state index in [1.165, 1.54) is 6.08 Å². The van der Waals surface area contributed by atoms with E-state index in [9.17, 15) is 4.79 Å². The number of quaternary nitrogens is 1. The molecular formula is C9H19ClN2O2. The fourth-order valence-electron chi connectivity index (χ4n) is 0.957. The molecule has 1 N–H and O–H groups in total. The largest absolute Gasteiger partial charge is 1.00 e. The van der Waals surface area contributed by atoms with Gasteiger partial charge in [0.05, 0.1) is 21.1 Å². The highest BCUT2D eigenvalue weighted by molar-refractivity contribution is 5.85. The molecule has 0 aliphatic rings. The van der Waals surface area contributed by atoms with Crippen molar-refractivity contribution < 1.29 is 26.5 Å². The van der Waals surface area contributed by atoms with Gasteiger partial charge in [0.25, 0.3) is 5.91 Å². The number of rotatable bonds is 5. The SMILES string of the molecule is C=CC(=O)NOC(CC)[N+](C)(C)C.[Cl-]. The molecule has 0 aliphatic heterocycles. The van der Waals surface area contributed by atoms with Crippen molar-refractivity contribution >= 4 is 5.91 Å². The molecular weight excluding hydrogens is 204 g/mol. The zero-order chi connectivity index (χ0) is 10.5. The number of carbonyl (C=O) groups is 1. The van der Waals surface area contributed by atoms with Gasteiger partial charge in [0, 0.05) is 6.42 Å². The van der Waals surface area contributed by atoms with Crippen LogP contribution in [-0.4, -0.2) is 37.8 Å². The molecule has 0 radical (unpaired) electrons. The van der Waals surface area contributed by atoms with Crippen molar-refractivity contribution in [2.45, 2.75) is 19.6 Å². The smallest absolute Gasteiger partial charge is 0.267 e. The van der Waals surface area contributed by atoms with Crippen molar-refractivity contribution in [3.8, 4) is 0 Å². The van der Waals surface area contributed by atoms with Crippen LogP contribution in [0.5, 0.6) is 0 Å². The summed E-state index contributed by atoms with van der Waals surface area (Å²) in [4.78, 5) is 16.0. The first-order chi connectivity index (χ1) is 5.91. The zero-order valence-corrected chi connectivity index (χ0v) is 9.97. The summed E-state index contributed by atoms with van der Waals surface area (Å²) in [5.41, 5.74) is 2.32. The van der Waals surface area contributed by atoms with E-state index in [-0.39, 0.29) is 24.5 Å². The van der Waals surface area contributed by atoms with Crippen LogP contribution in [0.15, 0.2) is 12.7 Å². The minimum Gasteiger partial charge on any atom is -1.00 e. The number of halogens is 1. The lowest BCUT2D eigenvalue weighted by molar-refractivity contribution is -0.921. The van der Waals surface area contributed by atoms with E-state index < -0.39 is 0 Å². The van der Waals surface area contributed by atoms with Crippen LogP contribution in [-0.2, 0) is 9.63 Å². The number of nitrogens with one attached hydrogen (secondary N) is 1. The van der Waals surface area contributed by atoms with Gasteiger partial charge >= 0.3 is 0 Å². The summed E-state index contributed by atoms with van der Waals surface area (Å²) in [6.45, 7) is 5.34. The predicted molar refractivity (Wildman–Crippen MR) is 51.5 cm³/mol. The fourth-order valence-corrected chi connectivity index (χ4v) is 0.957. The average molecular weight is 223 g/mol. The maximum atomic E-state index is 10.8. The summed E-state index contributed by atoms with van der Waals surface area (Å²) in [6.07, 6.45) is 1.98. The van der Waals surface area contributed by atoms with Crippen molar-refractivity contribution in [3.05, 3.63) is 12.7 Å².